The smallest absolute Gasteiger partial charge is 0.339 e. The summed E-state index contributed by atoms with van der Waals surface area (Å²) in [6.07, 6.45) is 0. The van der Waals surface area contributed by atoms with E-state index in [2.05, 4.69) is 10.1 Å². The first-order valence-corrected chi connectivity index (χ1v) is 8.14. The van der Waals surface area contributed by atoms with Gasteiger partial charge in [0.05, 0.1) is 34.0 Å². The molecule has 2 heterocycles. The molecule has 0 amide bonds. The van der Waals surface area contributed by atoms with Crippen molar-refractivity contribution >= 4 is 40.2 Å². The van der Waals surface area contributed by atoms with E-state index in [0.29, 0.717) is 44.5 Å². The molecule has 0 fully saturated rings. The third-order valence-electron chi connectivity index (χ3n) is 3.67. The van der Waals surface area contributed by atoms with Crippen molar-refractivity contribution in [1.82, 2.24) is 14.8 Å². The number of pyridine rings is 1. The Labute approximate surface area is 149 Å². The standard InChI is InChI=1S/C17H15Cl2N3O2/c1-4-24-17(23)12-8-14(11-6-5-10(18)7-13(11)19)20-16-15(12)9(2)21-22(16)3/h5-8H,4H2,1-3H3. The lowest BCUT2D eigenvalue weighted by Crippen LogP contribution is -2.07. The quantitative estimate of drug-likeness (QED) is 0.646. The number of nitrogens with zero attached hydrogens (tertiary/aromatic N) is 3. The van der Waals surface area contributed by atoms with Crippen LogP contribution in [0.4, 0.5) is 0 Å². The number of rotatable bonds is 3. The maximum Gasteiger partial charge on any atom is 0.339 e. The lowest BCUT2D eigenvalue weighted by molar-refractivity contribution is 0.0528. The van der Waals surface area contributed by atoms with Crippen molar-refractivity contribution in [3.8, 4) is 11.3 Å². The van der Waals surface area contributed by atoms with Gasteiger partial charge in [-0.2, -0.15) is 5.10 Å². The molecule has 7 heteroatoms. The molecule has 0 saturated carbocycles. The summed E-state index contributed by atoms with van der Waals surface area (Å²) >= 11 is 12.2. The van der Waals surface area contributed by atoms with Crippen LogP contribution in [0.2, 0.25) is 10.0 Å². The van der Waals surface area contributed by atoms with Crippen LogP contribution in [0.5, 0.6) is 0 Å². The first-order chi connectivity index (χ1) is 11.4. The minimum Gasteiger partial charge on any atom is -0.462 e. The van der Waals surface area contributed by atoms with Gasteiger partial charge in [-0.05, 0) is 38.1 Å². The minimum atomic E-state index is -0.410. The van der Waals surface area contributed by atoms with Crippen LogP contribution in [-0.2, 0) is 11.8 Å². The highest BCUT2D eigenvalue weighted by Crippen LogP contribution is 2.32. The van der Waals surface area contributed by atoms with Gasteiger partial charge in [-0.15, -0.1) is 0 Å². The Morgan fingerprint density at radius 2 is 2.04 bits per heavy atom. The second-order valence-corrected chi connectivity index (χ2v) is 6.15. The Morgan fingerprint density at radius 3 is 2.71 bits per heavy atom. The predicted octanol–water partition coefficient (Wildman–Crippen LogP) is 4.43. The number of carbonyl (C=O) groups excluding carboxylic acids is 1. The van der Waals surface area contributed by atoms with Crippen LogP contribution in [0.1, 0.15) is 23.0 Å². The fourth-order valence-electron chi connectivity index (χ4n) is 2.65. The average Bonchev–Trinajstić information content (AvgIpc) is 2.81. The van der Waals surface area contributed by atoms with Crippen LogP contribution in [0.3, 0.4) is 0 Å². The fraction of sp³-hybridized carbons (Fsp3) is 0.235. The van der Waals surface area contributed by atoms with Crippen LogP contribution >= 0.6 is 23.2 Å². The molecule has 0 spiro atoms. The van der Waals surface area contributed by atoms with Crippen molar-refractivity contribution < 1.29 is 9.53 Å². The zero-order valence-electron chi connectivity index (χ0n) is 13.4. The molecule has 3 aromatic rings. The highest BCUT2D eigenvalue weighted by Gasteiger charge is 2.20. The van der Waals surface area contributed by atoms with E-state index in [-0.39, 0.29) is 0 Å². The topological polar surface area (TPSA) is 57.0 Å². The van der Waals surface area contributed by atoms with E-state index in [1.54, 1.807) is 42.9 Å². The number of aryl methyl sites for hydroxylation is 2. The molecule has 0 aliphatic carbocycles. The number of esters is 1. The SMILES string of the molecule is CCOC(=O)c1cc(-c2ccc(Cl)cc2Cl)nc2c1c(C)nn2C. The Kier molecular flexibility index (Phi) is 4.47. The van der Waals surface area contributed by atoms with Gasteiger partial charge < -0.3 is 4.74 Å². The monoisotopic (exact) mass is 363 g/mol. The number of carbonyl (C=O) groups is 1. The summed E-state index contributed by atoms with van der Waals surface area (Å²) in [5.41, 5.74) is 2.99. The molecular formula is C17H15Cl2N3O2. The molecule has 1 aromatic carbocycles. The molecule has 5 nitrogen and oxygen atoms in total. The molecule has 0 atom stereocenters. The molecular weight excluding hydrogens is 349 g/mol. The van der Waals surface area contributed by atoms with Crippen molar-refractivity contribution in [2.24, 2.45) is 7.05 Å². The number of aromatic nitrogens is 3. The zero-order chi connectivity index (χ0) is 17.4. The molecule has 0 aliphatic rings. The van der Waals surface area contributed by atoms with Crippen LogP contribution in [0.25, 0.3) is 22.3 Å². The lowest BCUT2D eigenvalue weighted by Gasteiger charge is -2.09. The van der Waals surface area contributed by atoms with Gasteiger partial charge in [-0.3, -0.25) is 4.68 Å². The molecule has 3 rings (SSSR count). The van der Waals surface area contributed by atoms with Crippen LogP contribution in [0.15, 0.2) is 24.3 Å². The number of ether oxygens (including phenoxy) is 1. The Hall–Kier alpha value is -2.11. The molecule has 0 radical (unpaired) electrons. The predicted molar refractivity (Wildman–Crippen MR) is 94.7 cm³/mol. The summed E-state index contributed by atoms with van der Waals surface area (Å²) in [7, 11) is 1.78. The Balaban J connectivity index is 2.30. The first-order valence-electron chi connectivity index (χ1n) is 7.39. The summed E-state index contributed by atoms with van der Waals surface area (Å²) in [4.78, 5) is 17.0. The molecule has 0 unspecified atom stereocenters. The van der Waals surface area contributed by atoms with E-state index < -0.39 is 5.97 Å². The van der Waals surface area contributed by atoms with Crippen molar-refractivity contribution in [3.63, 3.8) is 0 Å². The van der Waals surface area contributed by atoms with Gasteiger partial charge in [0, 0.05) is 17.6 Å². The van der Waals surface area contributed by atoms with E-state index in [1.807, 2.05) is 6.92 Å². The Morgan fingerprint density at radius 1 is 1.29 bits per heavy atom. The first kappa shape index (κ1) is 16.7. The van der Waals surface area contributed by atoms with Gasteiger partial charge in [-0.25, -0.2) is 9.78 Å². The van der Waals surface area contributed by atoms with Crippen molar-refractivity contribution in [2.75, 3.05) is 6.61 Å². The van der Waals surface area contributed by atoms with E-state index in [1.165, 1.54) is 0 Å². The molecule has 0 bridgehead atoms. The van der Waals surface area contributed by atoms with Crippen molar-refractivity contribution in [2.45, 2.75) is 13.8 Å². The van der Waals surface area contributed by atoms with E-state index >= 15 is 0 Å². The van der Waals surface area contributed by atoms with Crippen LogP contribution < -0.4 is 0 Å². The molecule has 124 valence electrons. The molecule has 0 saturated heterocycles. The summed E-state index contributed by atoms with van der Waals surface area (Å²) < 4.78 is 6.82. The van der Waals surface area contributed by atoms with Gasteiger partial charge >= 0.3 is 5.97 Å². The highest BCUT2D eigenvalue weighted by atomic mass is 35.5. The molecule has 24 heavy (non-hydrogen) atoms. The molecule has 2 aromatic heterocycles. The van der Waals surface area contributed by atoms with Crippen molar-refractivity contribution in [3.05, 3.63) is 45.6 Å². The van der Waals surface area contributed by atoms with E-state index in [9.17, 15) is 4.79 Å². The summed E-state index contributed by atoms with van der Waals surface area (Å²) in [6.45, 7) is 3.89. The highest BCUT2D eigenvalue weighted by molar-refractivity contribution is 6.36. The largest absolute Gasteiger partial charge is 0.462 e. The number of benzene rings is 1. The van der Waals surface area contributed by atoms with Crippen molar-refractivity contribution in [1.29, 1.82) is 0 Å². The lowest BCUT2D eigenvalue weighted by atomic mass is 10.1. The van der Waals surface area contributed by atoms with Gasteiger partial charge in [0.15, 0.2) is 5.65 Å². The van der Waals surface area contributed by atoms with Gasteiger partial charge in [0.1, 0.15) is 0 Å². The number of hydrogen-bond acceptors (Lipinski definition) is 4. The normalized spacial score (nSPS) is 11.0. The maximum atomic E-state index is 12.4. The fourth-order valence-corrected chi connectivity index (χ4v) is 3.16. The summed E-state index contributed by atoms with van der Waals surface area (Å²) in [5.74, 6) is -0.410. The molecule has 0 aliphatic heterocycles. The number of halogens is 2. The van der Waals surface area contributed by atoms with Gasteiger partial charge in [0.25, 0.3) is 0 Å². The van der Waals surface area contributed by atoms with Crippen LogP contribution in [0, 0.1) is 6.92 Å². The third kappa shape index (κ3) is 2.85. The number of hydrogen-bond donors (Lipinski definition) is 0. The van der Waals surface area contributed by atoms with Gasteiger partial charge in [-0.1, -0.05) is 23.2 Å². The minimum absolute atomic E-state index is 0.291. The average molecular weight is 364 g/mol. The Bertz CT molecular complexity index is 951. The van der Waals surface area contributed by atoms with Crippen LogP contribution in [-0.4, -0.2) is 27.3 Å². The third-order valence-corrected chi connectivity index (χ3v) is 4.22. The zero-order valence-corrected chi connectivity index (χ0v) is 14.9. The second kappa shape index (κ2) is 6.42. The summed E-state index contributed by atoms with van der Waals surface area (Å²) in [5, 5.41) is 6.04. The molecule has 0 N–H and O–H groups in total. The van der Waals surface area contributed by atoms with E-state index in [4.69, 9.17) is 27.9 Å². The van der Waals surface area contributed by atoms with Gasteiger partial charge in [0.2, 0.25) is 0 Å². The second-order valence-electron chi connectivity index (χ2n) is 5.31. The number of fused-ring (bicyclic) bond motifs is 1. The summed E-state index contributed by atoms with van der Waals surface area (Å²) in [6, 6.07) is 6.83. The van der Waals surface area contributed by atoms with E-state index in [0.717, 1.165) is 5.69 Å². The maximum absolute atomic E-state index is 12.4.